The maximum atomic E-state index is 12.0. The van der Waals surface area contributed by atoms with Crippen LogP contribution in [0, 0.1) is 6.92 Å². The van der Waals surface area contributed by atoms with Crippen LogP contribution in [0.25, 0.3) is 0 Å². The highest BCUT2D eigenvalue weighted by Gasteiger charge is 2.16. The SMILES string of the molecule is CCOc1cc(C)ccc1CNC(=O)CC1COCCN1.Cl. The monoisotopic (exact) mass is 328 g/mol. The molecular weight excluding hydrogens is 304 g/mol. The molecule has 0 aromatic heterocycles. The molecule has 2 N–H and O–H groups in total. The van der Waals surface area contributed by atoms with Gasteiger partial charge >= 0.3 is 0 Å². The van der Waals surface area contributed by atoms with Gasteiger partial charge in [-0.15, -0.1) is 12.4 Å². The molecule has 1 amide bonds. The Bertz CT molecular complexity index is 476. The molecule has 0 bridgehead atoms. The van der Waals surface area contributed by atoms with Crippen LogP contribution >= 0.6 is 12.4 Å². The van der Waals surface area contributed by atoms with Gasteiger partial charge in [0.1, 0.15) is 5.75 Å². The van der Waals surface area contributed by atoms with E-state index in [2.05, 4.69) is 10.6 Å². The lowest BCUT2D eigenvalue weighted by Gasteiger charge is -2.23. The second kappa shape index (κ2) is 9.66. The van der Waals surface area contributed by atoms with Crippen LogP contribution in [-0.4, -0.2) is 38.3 Å². The smallest absolute Gasteiger partial charge is 0.221 e. The maximum Gasteiger partial charge on any atom is 0.221 e. The molecule has 5 nitrogen and oxygen atoms in total. The molecule has 2 rings (SSSR count). The van der Waals surface area contributed by atoms with Crippen LogP contribution in [0.15, 0.2) is 18.2 Å². The third kappa shape index (κ3) is 5.83. The molecule has 1 aliphatic rings. The summed E-state index contributed by atoms with van der Waals surface area (Å²) in [4.78, 5) is 12.0. The van der Waals surface area contributed by atoms with E-state index < -0.39 is 0 Å². The zero-order valence-corrected chi connectivity index (χ0v) is 14.0. The molecule has 1 fully saturated rings. The number of carbonyl (C=O) groups is 1. The molecule has 1 atom stereocenters. The molecule has 0 aliphatic carbocycles. The Morgan fingerprint density at radius 3 is 3.00 bits per heavy atom. The van der Waals surface area contributed by atoms with Crippen LogP contribution in [0.2, 0.25) is 0 Å². The molecular formula is C16H25ClN2O3. The van der Waals surface area contributed by atoms with Gasteiger partial charge in [0.05, 0.1) is 19.8 Å². The van der Waals surface area contributed by atoms with Crippen molar-refractivity contribution in [1.29, 1.82) is 0 Å². The van der Waals surface area contributed by atoms with Gasteiger partial charge in [0.15, 0.2) is 0 Å². The molecule has 1 unspecified atom stereocenters. The van der Waals surface area contributed by atoms with Crippen molar-refractivity contribution in [3.05, 3.63) is 29.3 Å². The molecule has 124 valence electrons. The largest absolute Gasteiger partial charge is 0.494 e. The van der Waals surface area contributed by atoms with E-state index in [0.29, 0.717) is 26.2 Å². The highest BCUT2D eigenvalue weighted by atomic mass is 35.5. The Kier molecular flexibility index (Phi) is 8.24. The number of ether oxygens (including phenoxy) is 2. The molecule has 22 heavy (non-hydrogen) atoms. The minimum absolute atomic E-state index is 0. The normalized spacial score (nSPS) is 17.5. The number of hydrogen-bond donors (Lipinski definition) is 2. The van der Waals surface area contributed by atoms with Gasteiger partial charge in [-0.2, -0.15) is 0 Å². The Morgan fingerprint density at radius 1 is 1.50 bits per heavy atom. The van der Waals surface area contributed by atoms with Gasteiger partial charge in [0.2, 0.25) is 5.91 Å². The zero-order valence-electron chi connectivity index (χ0n) is 13.2. The van der Waals surface area contributed by atoms with Gasteiger partial charge in [-0.1, -0.05) is 12.1 Å². The lowest BCUT2D eigenvalue weighted by molar-refractivity contribution is -0.122. The van der Waals surface area contributed by atoms with Crippen molar-refractivity contribution in [3.8, 4) is 5.75 Å². The number of hydrogen-bond acceptors (Lipinski definition) is 4. The lowest BCUT2D eigenvalue weighted by atomic mass is 10.1. The van der Waals surface area contributed by atoms with Crippen LogP contribution in [0.4, 0.5) is 0 Å². The van der Waals surface area contributed by atoms with E-state index in [0.717, 1.165) is 30.0 Å². The number of carbonyl (C=O) groups excluding carboxylic acids is 1. The minimum Gasteiger partial charge on any atom is -0.494 e. The zero-order chi connectivity index (χ0) is 15.1. The first-order valence-corrected chi connectivity index (χ1v) is 7.49. The summed E-state index contributed by atoms with van der Waals surface area (Å²) in [5.41, 5.74) is 2.15. The van der Waals surface area contributed by atoms with Crippen LogP contribution in [0.3, 0.4) is 0 Å². The summed E-state index contributed by atoms with van der Waals surface area (Å²) in [5, 5.41) is 6.23. The van der Waals surface area contributed by atoms with E-state index in [-0.39, 0.29) is 24.4 Å². The molecule has 6 heteroatoms. The highest BCUT2D eigenvalue weighted by Crippen LogP contribution is 2.20. The van der Waals surface area contributed by atoms with E-state index in [9.17, 15) is 4.79 Å². The molecule has 0 spiro atoms. The molecule has 1 aromatic carbocycles. The molecule has 1 saturated heterocycles. The number of morpholine rings is 1. The summed E-state index contributed by atoms with van der Waals surface area (Å²) in [7, 11) is 0. The number of rotatable bonds is 6. The van der Waals surface area contributed by atoms with Gasteiger partial charge in [-0.25, -0.2) is 0 Å². The Morgan fingerprint density at radius 2 is 2.32 bits per heavy atom. The molecule has 0 radical (unpaired) electrons. The summed E-state index contributed by atoms with van der Waals surface area (Å²) >= 11 is 0. The Labute approximate surface area is 138 Å². The van der Waals surface area contributed by atoms with E-state index in [1.807, 2.05) is 32.0 Å². The quantitative estimate of drug-likeness (QED) is 0.836. The van der Waals surface area contributed by atoms with Gasteiger partial charge in [-0.05, 0) is 25.5 Å². The first-order valence-electron chi connectivity index (χ1n) is 7.49. The highest BCUT2D eigenvalue weighted by molar-refractivity contribution is 5.85. The summed E-state index contributed by atoms with van der Waals surface area (Å²) in [6.07, 6.45) is 0.440. The summed E-state index contributed by atoms with van der Waals surface area (Å²) in [6, 6.07) is 6.15. The summed E-state index contributed by atoms with van der Waals surface area (Å²) in [5.74, 6) is 0.873. The van der Waals surface area contributed by atoms with Crippen molar-refractivity contribution >= 4 is 18.3 Å². The number of halogens is 1. The topological polar surface area (TPSA) is 59.6 Å². The average Bonchev–Trinajstić information content (AvgIpc) is 2.48. The fraction of sp³-hybridized carbons (Fsp3) is 0.562. The van der Waals surface area contributed by atoms with Crippen LogP contribution in [0.1, 0.15) is 24.5 Å². The second-order valence-corrected chi connectivity index (χ2v) is 5.25. The van der Waals surface area contributed by atoms with Gasteiger partial charge in [0, 0.05) is 31.1 Å². The van der Waals surface area contributed by atoms with E-state index >= 15 is 0 Å². The minimum atomic E-state index is 0. The molecule has 1 aromatic rings. The predicted molar refractivity (Wildman–Crippen MR) is 88.7 cm³/mol. The lowest BCUT2D eigenvalue weighted by Crippen LogP contribution is -2.44. The van der Waals surface area contributed by atoms with E-state index in [1.165, 1.54) is 0 Å². The third-order valence-corrected chi connectivity index (χ3v) is 3.43. The van der Waals surface area contributed by atoms with E-state index in [1.54, 1.807) is 0 Å². The van der Waals surface area contributed by atoms with Crippen molar-refractivity contribution in [1.82, 2.24) is 10.6 Å². The first kappa shape index (κ1) is 18.7. The van der Waals surface area contributed by atoms with Crippen LogP contribution in [-0.2, 0) is 16.1 Å². The van der Waals surface area contributed by atoms with Crippen molar-refractivity contribution in [2.45, 2.75) is 32.9 Å². The molecule has 1 heterocycles. The Hall–Kier alpha value is -1.30. The number of nitrogens with one attached hydrogen (secondary N) is 2. The van der Waals surface area contributed by atoms with Crippen molar-refractivity contribution in [2.75, 3.05) is 26.4 Å². The second-order valence-electron chi connectivity index (χ2n) is 5.25. The molecule has 1 aliphatic heterocycles. The van der Waals surface area contributed by atoms with Crippen molar-refractivity contribution in [2.24, 2.45) is 0 Å². The molecule has 0 saturated carbocycles. The number of benzene rings is 1. The fourth-order valence-electron chi connectivity index (χ4n) is 2.34. The fourth-order valence-corrected chi connectivity index (χ4v) is 2.34. The van der Waals surface area contributed by atoms with Crippen LogP contribution in [0.5, 0.6) is 5.75 Å². The summed E-state index contributed by atoms with van der Waals surface area (Å²) < 4.78 is 11.0. The predicted octanol–water partition coefficient (Wildman–Crippen LogP) is 1.81. The van der Waals surface area contributed by atoms with Gasteiger partial charge in [0.25, 0.3) is 0 Å². The third-order valence-electron chi connectivity index (χ3n) is 3.43. The Balaban J connectivity index is 0.00000242. The van der Waals surface area contributed by atoms with Gasteiger partial charge < -0.3 is 20.1 Å². The number of amides is 1. The number of aryl methyl sites for hydroxylation is 1. The van der Waals surface area contributed by atoms with E-state index in [4.69, 9.17) is 9.47 Å². The first-order chi connectivity index (χ1) is 10.2. The summed E-state index contributed by atoms with van der Waals surface area (Å²) in [6.45, 7) is 7.22. The maximum absolute atomic E-state index is 12.0. The van der Waals surface area contributed by atoms with Crippen molar-refractivity contribution in [3.63, 3.8) is 0 Å². The van der Waals surface area contributed by atoms with Crippen LogP contribution < -0.4 is 15.4 Å². The van der Waals surface area contributed by atoms with Crippen molar-refractivity contribution < 1.29 is 14.3 Å². The standard InChI is InChI=1S/C16H24N2O3.ClH/c1-3-21-15-8-12(2)4-5-13(15)10-18-16(19)9-14-11-20-7-6-17-14;/h4-5,8,14,17H,3,6-7,9-11H2,1-2H3,(H,18,19);1H. The average molecular weight is 329 g/mol. The van der Waals surface area contributed by atoms with Gasteiger partial charge in [-0.3, -0.25) is 4.79 Å².